The Morgan fingerprint density at radius 3 is 3.00 bits per heavy atom. The number of hydrogen-bond acceptors (Lipinski definition) is 4. The van der Waals surface area contributed by atoms with Crippen molar-refractivity contribution in [1.82, 2.24) is 15.1 Å². The molecule has 118 valence electrons. The summed E-state index contributed by atoms with van der Waals surface area (Å²) in [5, 5.41) is 6.47. The maximum absolute atomic E-state index is 5.62. The van der Waals surface area contributed by atoms with E-state index in [0.29, 0.717) is 11.7 Å². The molecule has 23 heavy (non-hydrogen) atoms. The van der Waals surface area contributed by atoms with Crippen molar-refractivity contribution in [3.05, 3.63) is 42.5 Å². The zero-order chi connectivity index (χ0) is 15.6. The van der Waals surface area contributed by atoms with Gasteiger partial charge in [0.25, 0.3) is 0 Å². The molecular formula is C19H21N3O. The van der Waals surface area contributed by atoms with Gasteiger partial charge in [-0.05, 0) is 36.6 Å². The zero-order valence-electron chi connectivity index (χ0n) is 13.4. The van der Waals surface area contributed by atoms with Gasteiger partial charge in [-0.3, -0.25) is 4.98 Å². The van der Waals surface area contributed by atoms with Crippen LogP contribution in [0.15, 0.2) is 41.2 Å². The zero-order valence-corrected chi connectivity index (χ0v) is 13.4. The average Bonchev–Trinajstić information content (AvgIpc) is 2.97. The van der Waals surface area contributed by atoms with Crippen molar-refractivity contribution in [2.45, 2.75) is 44.9 Å². The predicted molar refractivity (Wildman–Crippen MR) is 90.0 cm³/mol. The van der Waals surface area contributed by atoms with E-state index in [1.807, 2.05) is 24.4 Å². The minimum Gasteiger partial charge on any atom is -0.339 e. The summed E-state index contributed by atoms with van der Waals surface area (Å²) in [6.07, 6.45) is 9.80. The summed E-state index contributed by atoms with van der Waals surface area (Å²) in [5.74, 6) is 2.72. The van der Waals surface area contributed by atoms with E-state index in [-0.39, 0.29) is 0 Å². The van der Waals surface area contributed by atoms with Crippen molar-refractivity contribution in [1.29, 1.82) is 0 Å². The van der Waals surface area contributed by atoms with Crippen LogP contribution >= 0.6 is 0 Å². The number of fused-ring (bicyclic) bond motifs is 1. The van der Waals surface area contributed by atoms with E-state index >= 15 is 0 Å². The van der Waals surface area contributed by atoms with E-state index < -0.39 is 0 Å². The number of hydrogen-bond donors (Lipinski definition) is 0. The number of pyridine rings is 1. The van der Waals surface area contributed by atoms with Crippen LogP contribution < -0.4 is 0 Å². The number of aromatic nitrogens is 3. The molecule has 0 radical (unpaired) electrons. The quantitative estimate of drug-likeness (QED) is 0.627. The molecule has 0 spiro atoms. The normalized spacial score (nSPS) is 22.1. The minimum absolute atomic E-state index is 0.415. The Balaban J connectivity index is 1.67. The molecule has 0 saturated heterocycles. The first kappa shape index (κ1) is 14.4. The van der Waals surface area contributed by atoms with Crippen molar-refractivity contribution in [2.75, 3.05) is 0 Å². The number of benzene rings is 1. The molecular weight excluding hydrogens is 286 g/mol. The summed E-state index contributed by atoms with van der Waals surface area (Å²) in [4.78, 5) is 8.90. The molecule has 1 aliphatic carbocycles. The van der Waals surface area contributed by atoms with Crippen LogP contribution in [0.3, 0.4) is 0 Å². The third kappa shape index (κ3) is 2.85. The van der Waals surface area contributed by atoms with Gasteiger partial charge >= 0.3 is 0 Å². The molecule has 0 N–H and O–H groups in total. The Morgan fingerprint density at radius 1 is 1.09 bits per heavy atom. The molecule has 2 unspecified atom stereocenters. The second-order valence-corrected chi connectivity index (χ2v) is 6.67. The Hall–Kier alpha value is -2.23. The highest BCUT2D eigenvalue weighted by molar-refractivity contribution is 5.94. The van der Waals surface area contributed by atoms with Gasteiger partial charge in [0.1, 0.15) is 0 Å². The monoisotopic (exact) mass is 307 g/mol. The summed E-state index contributed by atoms with van der Waals surface area (Å²) < 4.78 is 5.62. The van der Waals surface area contributed by atoms with Crippen LogP contribution in [0.5, 0.6) is 0 Å². The Bertz CT molecular complexity index is 806. The van der Waals surface area contributed by atoms with Crippen LogP contribution in [0.25, 0.3) is 22.2 Å². The topological polar surface area (TPSA) is 51.8 Å². The molecule has 2 aromatic heterocycles. The van der Waals surface area contributed by atoms with Gasteiger partial charge in [0.15, 0.2) is 0 Å². The second kappa shape index (κ2) is 6.11. The smallest absolute Gasteiger partial charge is 0.230 e. The number of rotatable bonds is 2. The van der Waals surface area contributed by atoms with Crippen molar-refractivity contribution in [3.8, 4) is 11.4 Å². The van der Waals surface area contributed by atoms with Crippen molar-refractivity contribution in [3.63, 3.8) is 0 Å². The van der Waals surface area contributed by atoms with Crippen molar-refractivity contribution < 1.29 is 4.52 Å². The Morgan fingerprint density at radius 2 is 2.04 bits per heavy atom. The predicted octanol–water partition coefficient (Wildman–Crippen LogP) is 4.97. The van der Waals surface area contributed by atoms with Gasteiger partial charge < -0.3 is 4.52 Å². The molecule has 4 heteroatoms. The molecule has 4 nitrogen and oxygen atoms in total. The molecule has 3 aromatic rings. The fraction of sp³-hybridized carbons (Fsp3) is 0.421. The standard InChI is InChI=1S/C19H21N3O/c1-13-4-2-5-14(9-8-13)19-21-18(22-23-19)17-7-3-6-15-12-20-11-10-16(15)17/h3,6-7,10-14H,2,4-5,8-9H2,1H3. The first-order chi connectivity index (χ1) is 11.3. The lowest BCUT2D eigenvalue weighted by atomic mass is 9.99. The van der Waals surface area contributed by atoms with E-state index in [4.69, 9.17) is 9.51 Å². The van der Waals surface area contributed by atoms with Crippen LogP contribution in [-0.4, -0.2) is 15.1 Å². The highest BCUT2D eigenvalue weighted by Gasteiger charge is 2.23. The SMILES string of the molecule is CC1CCCC(c2nc(-c3cccc4cnccc34)no2)CC1. The Kier molecular flexibility index (Phi) is 3.82. The van der Waals surface area contributed by atoms with Crippen molar-refractivity contribution in [2.24, 2.45) is 5.92 Å². The average molecular weight is 307 g/mol. The summed E-state index contributed by atoms with van der Waals surface area (Å²) >= 11 is 0. The van der Waals surface area contributed by atoms with E-state index in [1.165, 1.54) is 19.3 Å². The first-order valence-electron chi connectivity index (χ1n) is 8.48. The lowest BCUT2D eigenvalue weighted by Crippen LogP contribution is -1.98. The lowest BCUT2D eigenvalue weighted by molar-refractivity contribution is 0.339. The fourth-order valence-corrected chi connectivity index (χ4v) is 3.56. The largest absolute Gasteiger partial charge is 0.339 e. The van der Waals surface area contributed by atoms with Crippen LogP contribution in [0.4, 0.5) is 0 Å². The van der Waals surface area contributed by atoms with Crippen LogP contribution in [-0.2, 0) is 0 Å². The maximum atomic E-state index is 5.62. The lowest BCUT2D eigenvalue weighted by Gasteiger charge is -2.08. The third-order valence-corrected chi connectivity index (χ3v) is 4.97. The van der Waals surface area contributed by atoms with Gasteiger partial charge in [-0.1, -0.05) is 43.1 Å². The third-order valence-electron chi connectivity index (χ3n) is 4.97. The summed E-state index contributed by atoms with van der Waals surface area (Å²) in [5.41, 5.74) is 1.02. The summed E-state index contributed by atoms with van der Waals surface area (Å²) in [6, 6.07) is 8.13. The first-order valence-corrected chi connectivity index (χ1v) is 8.48. The Labute approximate surface area is 135 Å². The summed E-state index contributed by atoms with van der Waals surface area (Å²) in [6.45, 7) is 2.34. The van der Waals surface area contributed by atoms with E-state index in [2.05, 4.69) is 23.1 Å². The van der Waals surface area contributed by atoms with Crippen molar-refractivity contribution >= 4 is 10.8 Å². The van der Waals surface area contributed by atoms with Gasteiger partial charge in [-0.15, -0.1) is 0 Å². The van der Waals surface area contributed by atoms with Crippen LogP contribution in [0.1, 0.15) is 50.8 Å². The molecule has 2 heterocycles. The van der Waals surface area contributed by atoms with Gasteiger partial charge in [0.05, 0.1) is 0 Å². The molecule has 2 atom stereocenters. The fourth-order valence-electron chi connectivity index (χ4n) is 3.56. The molecule has 1 saturated carbocycles. The van der Waals surface area contributed by atoms with Crippen LogP contribution in [0, 0.1) is 5.92 Å². The van der Waals surface area contributed by atoms with E-state index in [1.54, 1.807) is 6.20 Å². The van der Waals surface area contributed by atoms with E-state index in [0.717, 1.165) is 41.0 Å². The number of nitrogens with zero attached hydrogens (tertiary/aromatic N) is 3. The minimum atomic E-state index is 0.415. The van der Waals surface area contributed by atoms with Gasteiger partial charge in [-0.25, -0.2) is 0 Å². The molecule has 1 aliphatic rings. The van der Waals surface area contributed by atoms with Gasteiger partial charge in [0, 0.05) is 29.3 Å². The second-order valence-electron chi connectivity index (χ2n) is 6.67. The molecule has 4 rings (SSSR count). The van der Waals surface area contributed by atoms with E-state index in [9.17, 15) is 0 Å². The van der Waals surface area contributed by atoms with Crippen LogP contribution in [0.2, 0.25) is 0 Å². The molecule has 0 amide bonds. The molecule has 1 aromatic carbocycles. The highest BCUT2D eigenvalue weighted by atomic mass is 16.5. The maximum Gasteiger partial charge on any atom is 0.230 e. The van der Waals surface area contributed by atoms with Gasteiger partial charge in [-0.2, -0.15) is 4.98 Å². The summed E-state index contributed by atoms with van der Waals surface area (Å²) in [7, 11) is 0. The molecule has 0 aliphatic heterocycles. The van der Waals surface area contributed by atoms with Gasteiger partial charge in [0.2, 0.25) is 11.7 Å². The molecule has 0 bridgehead atoms. The highest BCUT2D eigenvalue weighted by Crippen LogP contribution is 2.34. The molecule has 1 fully saturated rings.